The number of rotatable bonds is 16. The zero-order valence-electron chi connectivity index (χ0n) is 23.0. The lowest BCUT2D eigenvalue weighted by Gasteiger charge is -2.13. The summed E-state index contributed by atoms with van der Waals surface area (Å²) in [5, 5.41) is 0. The summed E-state index contributed by atoms with van der Waals surface area (Å²) in [6, 6.07) is 22.0. The molecule has 0 saturated carbocycles. The van der Waals surface area contributed by atoms with Crippen LogP contribution in [0.15, 0.2) is 72.8 Å². The Morgan fingerprint density at radius 1 is 0.692 bits per heavy atom. The van der Waals surface area contributed by atoms with E-state index in [2.05, 4.69) is 6.92 Å². The molecular weight excluding hydrogens is 496 g/mol. The molecular formula is C32H38O7. The Morgan fingerprint density at radius 3 is 1.87 bits per heavy atom. The molecule has 208 valence electrons. The molecule has 0 amide bonds. The second-order valence-corrected chi connectivity index (χ2v) is 8.97. The van der Waals surface area contributed by atoms with E-state index in [0.717, 1.165) is 41.9 Å². The van der Waals surface area contributed by atoms with Gasteiger partial charge in [0.2, 0.25) is 0 Å². The molecule has 3 aromatic rings. The van der Waals surface area contributed by atoms with Crippen molar-refractivity contribution in [3.8, 4) is 22.6 Å². The fourth-order valence-corrected chi connectivity index (χ4v) is 3.65. The van der Waals surface area contributed by atoms with Crippen molar-refractivity contribution in [3.63, 3.8) is 0 Å². The van der Waals surface area contributed by atoms with Crippen molar-refractivity contribution in [1.82, 2.24) is 0 Å². The first kappa shape index (κ1) is 29.9. The van der Waals surface area contributed by atoms with E-state index >= 15 is 0 Å². The average Bonchev–Trinajstić information content (AvgIpc) is 2.97. The molecule has 0 aliphatic rings. The molecule has 0 fully saturated rings. The van der Waals surface area contributed by atoms with Gasteiger partial charge in [0.05, 0.1) is 25.4 Å². The third kappa shape index (κ3) is 10.2. The van der Waals surface area contributed by atoms with E-state index in [0.29, 0.717) is 44.2 Å². The number of unbranched alkanes of at least 4 members (excludes halogenated alkanes) is 1. The van der Waals surface area contributed by atoms with Crippen LogP contribution in [-0.2, 0) is 19.0 Å². The maximum absolute atomic E-state index is 12.6. The highest BCUT2D eigenvalue weighted by Crippen LogP contribution is 2.24. The summed E-state index contributed by atoms with van der Waals surface area (Å²) in [5.41, 5.74) is 3.26. The van der Waals surface area contributed by atoms with Gasteiger partial charge in [-0.2, -0.15) is 0 Å². The number of carbonyl (C=O) groups excluding carboxylic acids is 2. The Bertz CT molecular complexity index is 1140. The quantitative estimate of drug-likeness (QED) is 0.114. The predicted molar refractivity (Wildman–Crippen MR) is 150 cm³/mol. The van der Waals surface area contributed by atoms with Gasteiger partial charge in [-0.3, -0.25) is 4.79 Å². The molecule has 1 unspecified atom stereocenters. The number of hydrogen-bond acceptors (Lipinski definition) is 7. The highest BCUT2D eigenvalue weighted by atomic mass is 16.5. The molecule has 39 heavy (non-hydrogen) atoms. The van der Waals surface area contributed by atoms with E-state index in [4.69, 9.17) is 23.7 Å². The van der Waals surface area contributed by atoms with Gasteiger partial charge in [0.1, 0.15) is 24.2 Å². The van der Waals surface area contributed by atoms with Gasteiger partial charge < -0.3 is 23.7 Å². The minimum Gasteiger partial charge on any atom is -0.491 e. The van der Waals surface area contributed by atoms with Crippen LogP contribution in [0.4, 0.5) is 0 Å². The second kappa shape index (κ2) is 16.3. The Kier molecular flexibility index (Phi) is 12.5. The van der Waals surface area contributed by atoms with Crippen molar-refractivity contribution in [2.75, 3.05) is 33.0 Å². The summed E-state index contributed by atoms with van der Waals surface area (Å²) >= 11 is 0. The molecule has 1 atom stereocenters. The van der Waals surface area contributed by atoms with Gasteiger partial charge >= 0.3 is 11.9 Å². The number of benzene rings is 3. The summed E-state index contributed by atoms with van der Waals surface area (Å²) in [5.74, 6) is 0.484. The molecule has 0 radical (unpaired) electrons. The van der Waals surface area contributed by atoms with Crippen molar-refractivity contribution in [2.24, 2.45) is 0 Å². The van der Waals surface area contributed by atoms with Gasteiger partial charge in [-0.15, -0.1) is 0 Å². The fourth-order valence-electron chi connectivity index (χ4n) is 3.65. The van der Waals surface area contributed by atoms with Crippen LogP contribution in [0.1, 0.15) is 62.1 Å². The van der Waals surface area contributed by atoms with Gasteiger partial charge in [-0.25, -0.2) is 4.79 Å². The Labute approximate surface area is 231 Å². The highest BCUT2D eigenvalue weighted by Gasteiger charge is 2.12. The third-order valence-electron chi connectivity index (χ3n) is 5.98. The Hall–Kier alpha value is -3.68. The van der Waals surface area contributed by atoms with E-state index in [1.165, 1.54) is 0 Å². The van der Waals surface area contributed by atoms with Crippen LogP contribution < -0.4 is 9.47 Å². The molecule has 7 nitrogen and oxygen atoms in total. The van der Waals surface area contributed by atoms with E-state index in [9.17, 15) is 9.59 Å². The van der Waals surface area contributed by atoms with Crippen LogP contribution >= 0.6 is 0 Å². The van der Waals surface area contributed by atoms with E-state index < -0.39 is 5.97 Å². The lowest BCUT2D eigenvalue weighted by Crippen LogP contribution is -2.11. The van der Waals surface area contributed by atoms with E-state index in [1.807, 2.05) is 36.4 Å². The normalized spacial score (nSPS) is 11.6. The fraction of sp³-hybridized carbons (Fsp3) is 0.375. The number of hydrogen-bond donors (Lipinski definition) is 0. The Balaban J connectivity index is 1.43. The second-order valence-electron chi connectivity index (χ2n) is 8.97. The first-order chi connectivity index (χ1) is 19.0. The van der Waals surface area contributed by atoms with Crippen molar-refractivity contribution >= 4 is 11.9 Å². The summed E-state index contributed by atoms with van der Waals surface area (Å²) in [6.45, 7) is 8.63. The summed E-state index contributed by atoms with van der Waals surface area (Å²) in [4.78, 5) is 24.1. The largest absolute Gasteiger partial charge is 0.491 e. The van der Waals surface area contributed by atoms with E-state index in [1.54, 1.807) is 50.2 Å². The monoisotopic (exact) mass is 534 g/mol. The molecule has 3 aromatic carbocycles. The average molecular weight is 535 g/mol. The number of carbonyl (C=O) groups is 2. The van der Waals surface area contributed by atoms with Gasteiger partial charge in [-0.1, -0.05) is 56.7 Å². The van der Waals surface area contributed by atoms with Gasteiger partial charge in [0.25, 0.3) is 0 Å². The third-order valence-corrected chi connectivity index (χ3v) is 5.98. The molecule has 0 aliphatic heterocycles. The van der Waals surface area contributed by atoms with Crippen LogP contribution in [0.2, 0.25) is 0 Å². The lowest BCUT2D eigenvalue weighted by atomic mass is 10.0. The number of esters is 2. The number of ether oxygens (including phenoxy) is 5. The van der Waals surface area contributed by atoms with Crippen molar-refractivity contribution < 1.29 is 33.3 Å². The van der Waals surface area contributed by atoms with Crippen molar-refractivity contribution in [1.29, 1.82) is 0 Å². The molecule has 0 spiro atoms. The summed E-state index contributed by atoms with van der Waals surface area (Å²) in [7, 11) is 0. The van der Waals surface area contributed by atoms with Crippen LogP contribution in [0.5, 0.6) is 11.5 Å². The standard InChI is InChI=1S/C32H38O7/c1-4-6-19-35-20-21-36-22-23-37-29-15-13-27(14-16-29)26-7-9-28(10-8-26)32(34)39-30-17-11-25(12-18-30)24(3)38-31(33)5-2/h7-18,24H,4-6,19-23H2,1-3H3. The Morgan fingerprint density at radius 2 is 1.26 bits per heavy atom. The zero-order valence-corrected chi connectivity index (χ0v) is 23.0. The van der Waals surface area contributed by atoms with Crippen LogP contribution in [0.3, 0.4) is 0 Å². The molecule has 0 aromatic heterocycles. The first-order valence-electron chi connectivity index (χ1n) is 13.5. The maximum Gasteiger partial charge on any atom is 0.343 e. The minimum absolute atomic E-state index is 0.258. The van der Waals surface area contributed by atoms with Crippen molar-refractivity contribution in [2.45, 2.75) is 46.1 Å². The minimum atomic E-state index is -0.446. The molecule has 0 aliphatic carbocycles. The van der Waals surface area contributed by atoms with Gasteiger partial charge in [-0.05, 0) is 66.4 Å². The highest BCUT2D eigenvalue weighted by molar-refractivity contribution is 5.91. The zero-order chi connectivity index (χ0) is 27.9. The molecule has 7 heteroatoms. The molecule has 0 N–H and O–H groups in total. The molecule has 0 saturated heterocycles. The van der Waals surface area contributed by atoms with Gasteiger partial charge in [0, 0.05) is 13.0 Å². The molecule has 0 bridgehead atoms. The van der Waals surface area contributed by atoms with Gasteiger partial charge in [0.15, 0.2) is 0 Å². The maximum atomic E-state index is 12.6. The summed E-state index contributed by atoms with van der Waals surface area (Å²) in [6.07, 6.45) is 2.16. The van der Waals surface area contributed by atoms with Crippen LogP contribution in [0.25, 0.3) is 11.1 Å². The molecule has 3 rings (SSSR count). The van der Waals surface area contributed by atoms with Crippen LogP contribution in [-0.4, -0.2) is 45.0 Å². The van der Waals surface area contributed by atoms with Crippen molar-refractivity contribution in [3.05, 3.63) is 83.9 Å². The first-order valence-corrected chi connectivity index (χ1v) is 13.5. The van der Waals surface area contributed by atoms with Crippen LogP contribution in [0, 0.1) is 0 Å². The lowest BCUT2D eigenvalue weighted by molar-refractivity contribution is -0.148. The molecule has 0 heterocycles. The van der Waals surface area contributed by atoms with E-state index in [-0.39, 0.29) is 12.1 Å². The predicted octanol–water partition coefficient (Wildman–Crippen LogP) is 6.80. The smallest absolute Gasteiger partial charge is 0.343 e. The SMILES string of the molecule is CCCCOCCOCCOc1ccc(-c2ccc(C(=O)Oc3ccc(C(C)OC(=O)CC)cc3)cc2)cc1. The topological polar surface area (TPSA) is 80.3 Å². The summed E-state index contributed by atoms with van der Waals surface area (Å²) < 4.78 is 27.5.